The Morgan fingerprint density at radius 3 is 2.48 bits per heavy atom. The number of nitroso groups, excluding NO2 is 1. The summed E-state index contributed by atoms with van der Waals surface area (Å²) in [5.41, 5.74) is 2.82. The largest absolute Gasteiger partial charge is 0.481 e. The summed E-state index contributed by atoms with van der Waals surface area (Å²) in [5.74, 6) is 0.806. The zero-order valence-corrected chi connectivity index (χ0v) is 14.1. The first-order valence-corrected chi connectivity index (χ1v) is 7.97. The molecule has 0 aromatic heterocycles. The average Bonchev–Trinajstić information content (AvgIpc) is 2.48. The summed E-state index contributed by atoms with van der Waals surface area (Å²) in [7, 11) is 0. The number of benzene rings is 2. The van der Waals surface area contributed by atoms with Crippen molar-refractivity contribution in [3.8, 4) is 5.75 Å². The molecule has 0 radical (unpaired) electrons. The van der Waals surface area contributed by atoms with Crippen molar-refractivity contribution < 1.29 is 4.74 Å². The van der Waals surface area contributed by atoms with Crippen LogP contribution < -0.4 is 4.74 Å². The molecule has 21 heavy (non-hydrogen) atoms. The molecule has 1 unspecified atom stereocenters. The van der Waals surface area contributed by atoms with Gasteiger partial charge < -0.3 is 4.74 Å². The predicted octanol–water partition coefficient (Wildman–Crippen LogP) is 5.50. The van der Waals surface area contributed by atoms with Gasteiger partial charge in [-0.3, -0.25) is 0 Å². The van der Waals surface area contributed by atoms with E-state index in [1.807, 2.05) is 48.5 Å². The Bertz CT molecular complexity index is 711. The molecule has 0 N–H and O–H groups in total. The second kappa shape index (κ2) is 6.12. The molecule has 1 aliphatic rings. The lowest BCUT2D eigenvalue weighted by molar-refractivity contribution is 0.237. The van der Waals surface area contributed by atoms with Gasteiger partial charge in [0.1, 0.15) is 18.4 Å². The minimum Gasteiger partial charge on any atom is -0.481 e. The lowest BCUT2D eigenvalue weighted by Crippen LogP contribution is -2.16. The van der Waals surface area contributed by atoms with Crippen molar-refractivity contribution in [1.82, 2.24) is 0 Å². The van der Waals surface area contributed by atoms with Gasteiger partial charge in [0.05, 0.1) is 0 Å². The molecule has 0 fully saturated rings. The quantitative estimate of drug-likeness (QED) is 0.629. The fourth-order valence-corrected chi connectivity index (χ4v) is 2.98. The number of fused-ring (bicyclic) bond motifs is 1. The monoisotopic (exact) mass is 407 g/mol. The van der Waals surface area contributed by atoms with E-state index in [-0.39, 0.29) is 12.6 Å². The summed E-state index contributed by atoms with van der Waals surface area (Å²) >= 11 is 6.86. The number of rotatable bonds is 3. The fraction of sp³-hybridized carbons (Fsp3) is 0.125. The van der Waals surface area contributed by atoms with E-state index in [0.29, 0.717) is 0 Å². The van der Waals surface area contributed by atoms with Gasteiger partial charge in [-0.15, -0.1) is 0 Å². The Labute approximate surface area is 139 Å². The van der Waals surface area contributed by atoms with Crippen LogP contribution in [0.25, 0.3) is 6.08 Å². The van der Waals surface area contributed by atoms with E-state index in [1.165, 1.54) is 0 Å². The molecule has 3 rings (SSSR count). The zero-order chi connectivity index (χ0) is 14.8. The van der Waals surface area contributed by atoms with Crippen molar-refractivity contribution in [2.75, 3.05) is 6.54 Å². The van der Waals surface area contributed by atoms with Crippen molar-refractivity contribution in [2.24, 2.45) is 5.18 Å². The third-order valence-corrected chi connectivity index (χ3v) is 4.34. The lowest BCUT2D eigenvalue weighted by Gasteiger charge is -2.26. The zero-order valence-electron chi connectivity index (χ0n) is 10.9. The molecule has 2 aromatic carbocycles. The van der Waals surface area contributed by atoms with Crippen LogP contribution >= 0.6 is 31.9 Å². The van der Waals surface area contributed by atoms with Crippen LogP contribution in [0.5, 0.6) is 5.75 Å². The first kappa shape index (κ1) is 14.5. The summed E-state index contributed by atoms with van der Waals surface area (Å²) in [5, 5.41) is 3.03. The molecule has 1 atom stereocenters. The van der Waals surface area contributed by atoms with Gasteiger partial charge in [-0.25, -0.2) is 0 Å². The molecule has 0 saturated carbocycles. The molecule has 0 spiro atoms. The van der Waals surface area contributed by atoms with Crippen LogP contribution in [0.15, 0.2) is 62.2 Å². The number of hydrogen-bond acceptors (Lipinski definition) is 3. The van der Waals surface area contributed by atoms with Crippen LogP contribution in [-0.4, -0.2) is 6.54 Å². The highest BCUT2D eigenvalue weighted by molar-refractivity contribution is 9.10. The standard InChI is InChI=1S/C16H11Br2NO2/c17-13-3-1-10(2-4-13)16-12(9-19-20)7-11-8-14(18)5-6-15(11)21-16/h1-8,16H,9H2. The smallest absolute Gasteiger partial charge is 0.147 e. The molecule has 3 nitrogen and oxygen atoms in total. The fourth-order valence-electron chi connectivity index (χ4n) is 2.34. The normalized spacial score (nSPS) is 16.7. The van der Waals surface area contributed by atoms with Gasteiger partial charge in [-0.05, 0) is 42.0 Å². The van der Waals surface area contributed by atoms with Crippen molar-refractivity contribution in [1.29, 1.82) is 0 Å². The lowest BCUT2D eigenvalue weighted by atomic mass is 9.96. The first-order valence-electron chi connectivity index (χ1n) is 6.38. The third-order valence-electron chi connectivity index (χ3n) is 3.31. The van der Waals surface area contributed by atoms with E-state index >= 15 is 0 Å². The highest BCUT2D eigenvalue weighted by Crippen LogP contribution is 2.38. The number of halogens is 2. The number of ether oxygens (including phenoxy) is 1. The van der Waals surface area contributed by atoms with Crippen LogP contribution in [0.2, 0.25) is 0 Å². The summed E-state index contributed by atoms with van der Waals surface area (Å²) < 4.78 is 8.05. The molecular formula is C16H11Br2NO2. The molecule has 1 heterocycles. The Hall–Kier alpha value is -1.46. The van der Waals surface area contributed by atoms with Crippen LogP contribution in [0.3, 0.4) is 0 Å². The second-order valence-corrected chi connectivity index (χ2v) is 6.57. The van der Waals surface area contributed by atoms with Gasteiger partial charge in [-0.2, -0.15) is 4.91 Å². The number of hydrogen-bond donors (Lipinski definition) is 0. The van der Waals surface area contributed by atoms with Crippen molar-refractivity contribution >= 4 is 37.9 Å². The average molecular weight is 409 g/mol. The summed E-state index contributed by atoms with van der Waals surface area (Å²) in [6.45, 7) is 0.118. The molecule has 0 saturated heterocycles. The highest BCUT2D eigenvalue weighted by Gasteiger charge is 2.24. The summed E-state index contributed by atoms with van der Waals surface area (Å²) in [4.78, 5) is 10.7. The molecule has 5 heteroatoms. The Morgan fingerprint density at radius 2 is 1.76 bits per heavy atom. The van der Waals surface area contributed by atoms with E-state index < -0.39 is 0 Å². The Morgan fingerprint density at radius 1 is 1.05 bits per heavy atom. The Balaban J connectivity index is 2.03. The first-order chi connectivity index (χ1) is 10.2. The second-order valence-electron chi connectivity index (χ2n) is 4.74. The van der Waals surface area contributed by atoms with E-state index in [1.54, 1.807) is 0 Å². The minimum atomic E-state index is -0.274. The van der Waals surface area contributed by atoms with Gasteiger partial charge in [0.15, 0.2) is 0 Å². The number of nitrogens with zero attached hydrogens (tertiary/aromatic N) is 1. The van der Waals surface area contributed by atoms with Crippen molar-refractivity contribution in [3.63, 3.8) is 0 Å². The third kappa shape index (κ3) is 3.09. The maximum Gasteiger partial charge on any atom is 0.147 e. The van der Waals surface area contributed by atoms with E-state index in [4.69, 9.17) is 4.74 Å². The van der Waals surface area contributed by atoms with Crippen LogP contribution in [0.4, 0.5) is 0 Å². The van der Waals surface area contributed by atoms with Gasteiger partial charge in [-0.1, -0.05) is 49.2 Å². The van der Waals surface area contributed by atoms with Gasteiger partial charge in [0, 0.05) is 20.1 Å². The maximum absolute atomic E-state index is 10.7. The van der Waals surface area contributed by atoms with Gasteiger partial charge in [0.2, 0.25) is 0 Å². The van der Waals surface area contributed by atoms with E-state index in [2.05, 4.69) is 37.0 Å². The highest BCUT2D eigenvalue weighted by atomic mass is 79.9. The van der Waals surface area contributed by atoms with Crippen LogP contribution in [0.1, 0.15) is 17.2 Å². The van der Waals surface area contributed by atoms with Gasteiger partial charge >= 0.3 is 0 Å². The van der Waals surface area contributed by atoms with Crippen LogP contribution in [0, 0.1) is 4.91 Å². The van der Waals surface area contributed by atoms with E-state index in [0.717, 1.165) is 31.4 Å². The molecule has 0 aliphatic carbocycles. The molecule has 1 aliphatic heterocycles. The van der Waals surface area contributed by atoms with Crippen LogP contribution in [-0.2, 0) is 0 Å². The predicted molar refractivity (Wildman–Crippen MR) is 90.3 cm³/mol. The molecular weight excluding hydrogens is 398 g/mol. The molecule has 0 amide bonds. The van der Waals surface area contributed by atoms with Crippen molar-refractivity contribution in [3.05, 3.63) is 73.0 Å². The maximum atomic E-state index is 10.7. The molecule has 0 bridgehead atoms. The summed E-state index contributed by atoms with van der Waals surface area (Å²) in [6, 6.07) is 13.7. The van der Waals surface area contributed by atoms with Crippen molar-refractivity contribution in [2.45, 2.75) is 6.10 Å². The van der Waals surface area contributed by atoms with Gasteiger partial charge in [0.25, 0.3) is 0 Å². The topological polar surface area (TPSA) is 38.7 Å². The summed E-state index contributed by atoms with van der Waals surface area (Å²) in [6.07, 6.45) is 1.71. The molecule has 2 aromatic rings. The molecule has 106 valence electrons. The minimum absolute atomic E-state index is 0.118. The SMILES string of the molecule is O=NCC1=Cc2cc(Br)ccc2OC1c1ccc(Br)cc1. The van der Waals surface area contributed by atoms with E-state index in [9.17, 15) is 4.91 Å². The Kier molecular flexibility index (Phi) is 4.22.